The normalized spacial score (nSPS) is 13.8. The van der Waals surface area contributed by atoms with Crippen molar-refractivity contribution in [3.8, 4) is 11.8 Å². The zero-order chi connectivity index (χ0) is 18.0. The molecule has 7 heteroatoms. The zero-order valence-corrected chi connectivity index (χ0v) is 13.1. The minimum atomic E-state index is -1.13. The van der Waals surface area contributed by atoms with Crippen LogP contribution in [-0.2, 0) is 9.63 Å². The van der Waals surface area contributed by atoms with Gasteiger partial charge in [-0.25, -0.2) is 4.79 Å². The van der Waals surface area contributed by atoms with Crippen LogP contribution in [0, 0.1) is 11.3 Å². The smallest absolute Gasteiger partial charge is 0.373 e. The van der Waals surface area contributed by atoms with Gasteiger partial charge in [0.25, 0.3) is 11.8 Å². The van der Waals surface area contributed by atoms with Gasteiger partial charge in [0.15, 0.2) is 6.10 Å². The van der Waals surface area contributed by atoms with Gasteiger partial charge >= 0.3 is 5.97 Å². The molecule has 2 aromatic rings. The Morgan fingerprint density at radius 1 is 1.04 bits per heavy atom. The molecular weight excluding hydrogens is 324 g/mol. The lowest BCUT2D eigenvalue weighted by Gasteiger charge is -2.17. The average Bonchev–Trinajstić information content (AvgIpc) is 2.87. The fourth-order valence-corrected chi connectivity index (χ4v) is 2.31. The molecule has 0 aliphatic carbocycles. The summed E-state index contributed by atoms with van der Waals surface area (Å²) in [5.74, 6) is -2.14. The van der Waals surface area contributed by atoms with Gasteiger partial charge < -0.3 is 9.57 Å². The first kappa shape index (κ1) is 16.2. The van der Waals surface area contributed by atoms with Crippen LogP contribution < -0.4 is 4.74 Å². The van der Waals surface area contributed by atoms with Crippen molar-refractivity contribution in [2.45, 2.75) is 13.0 Å². The summed E-state index contributed by atoms with van der Waals surface area (Å²) in [6.07, 6.45) is -1.13. The van der Waals surface area contributed by atoms with Gasteiger partial charge in [-0.3, -0.25) is 9.59 Å². The van der Waals surface area contributed by atoms with Crippen LogP contribution in [-0.4, -0.2) is 29.0 Å². The molecule has 1 heterocycles. The maximum atomic E-state index is 12.2. The molecule has 25 heavy (non-hydrogen) atoms. The lowest BCUT2D eigenvalue weighted by Crippen LogP contribution is -2.37. The van der Waals surface area contributed by atoms with Crippen LogP contribution in [0.3, 0.4) is 0 Å². The highest BCUT2D eigenvalue weighted by Crippen LogP contribution is 2.23. The Morgan fingerprint density at radius 3 is 2.20 bits per heavy atom. The zero-order valence-electron chi connectivity index (χ0n) is 13.1. The quantitative estimate of drug-likeness (QED) is 0.793. The number of amides is 2. The Labute approximate surface area is 142 Å². The molecule has 1 aliphatic heterocycles. The molecule has 0 spiro atoms. The second kappa shape index (κ2) is 6.45. The molecule has 0 radical (unpaired) electrons. The van der Waals surface area contributed by atoms with Gasteiger partial charge in [0.05, 0.1) is 16.7 Å². The maximum Gasteiger partial charge on any atom is 0.373 e. The van der Waals surface area contributed by atoms with Crippen molar-refractivity contribution >= 4 is 17.8 Å². The van der Waals surface area contributed by atoms with Gasteiger partial charge in [0, 0.05) is 0 Å². The Kier molecular flexibility index (Phi) is 4.18. The lowest BCUT2D eigenvalue weighted by atomic mass is 10.1. The number of nitriles is 1. The molecule has 0 saturated carbocycles. The molecule has 0 saturated heterocycles. The summed E-state index contributed by atoms with van der Waals surface area (Å²) in [4.78, 5) is 41.4. The Bertz CT molecular complexity index is 881. The number of hydrogen-bond donors (Lipinski definition) is 0. The van der Waals surface area contributed by atoms with E-state index in [9.17, 15) is 14.4 Å². The lowest BCUT2D eigenvalue weighted by molar-refractivity contribution is -0.176. The van der Waals surface area contributed by atoms with Crippen molar-refractivity contribution in [2.24, 2.45) is 0 Å². The summed E-state index contributed by atoms with van der Waals surface area (Å²) in [6, 6.07) is 14.5. The predicted octanol–water partition coefficient (Wildman–Crippen LogP) is 2.08. The van der Waals surface area contributed by atoms with Crippen LogP contribution in [0.4, 0.5) is 0 Å². The Balaban J connectivity index is 1.72. The van der Waals surface area contributed by atoms with E-state index in [-0.39, 0.29) is 22.4 Å². The van der Waals surface area contributed by atoms with Crippen molar-refractivity contribution in [3.05, 3.63) is 65.2 Å². The van der Waals surface area contributed by atoms with Gasteiger partial charge in [-0.1, -0.05) is 29.3 Å². The number of hydroxylamine groups is 2. The van der Waals surface area contributed by atoms with Crippen LogP contribution in [0.5, 0.6) is 5.75 Å². The topological polar surface area (TPSA) is 96.7 Å². The van der Waals surface area contributed by atoms with E-state index in [2.05, 4.69) is 0 Å². The van der Waals surface area contributed by atoms with E-state index in [1.54, 1.807) is 24.3 Å². The number of imide groups is 1. The molecule has 0 N–H and O–H groups in total. The second-order valence-corrected chi connectivity index (χ2v) is 5.23. The van der Waals surface area contributed by atoms with E-state index in [4.69, 9.17) is 14.8 Å². The second-order valence-electron chi connectivity index (χ2n) is 5.23. The van der Waals surface area contributed by atoms with Crippen LogP contribution in [0.25, 0.3) is 0 Å². The molecule has 0 fully saturated rings. The van der Waals surface area contributed by atoms with Crippen molar-refractivity contribution < 1.29 is 24.0 Å². The molecule has 1 unspecified atom stereocenters. The van der Waals surface area contributed by atoms with Gasteiger partial charge in [-0.2, -0.15) is 5.26 Å². The van der Waals surface area contributed by atoms with E-state index >= 15 is 0 Å². The number of rotatable bonds is 4. The predicted molar refractivity (Wildman–Crippen MR) is 84.3 cm³/mol. The minimum absolute atomic E-state index is 0.170. The largest absolute Gasteiger partial charge is 0.478 e. The van der Waals surface area contributed by atoms with Crippen LogP contribution >= 0.6 is 0 Å². The third-order valence-electron chi connectivity index (χ3n) is 3.58. The summed E-state index contributed by atoms with van der Waals surface area (Å²) in [7, 11) is 0. The fraction of sp³-hybridized carbons (Fsp3) is 0.111. The molecule has 0 bridgehead atoms. The Hall–Kier alpha value is -3.66. The molecule has 0 aromatic heterocycles. The number of fused-ring (bicyclic) bond motifs is 1. The monoisotopic (exact) mass is 336 g/mol. The number of benzene rings is 2. The summed E-state index contributed by atoms with van der Waals surface area (Å²) >= 11 is 0. The minimum Gasteiger partial charge on any atom is -0.478 e. The highest BCUT2D eigenvalue weighted by atomic mass is 16.7. The number of nitrogens with zero attached hydrogens (tertiary/aromatic N) is 2. The highest BCUT2D eigenvalue weighted by Gasteiger charge is 2.39. The molecule has 2 amide bonds. The van der Waals surface area contributed by atoms with Crippen LogP contribution in [0.2, 0.25) is 0 Å². The highest BCUT2D eigenvalue weighted by molar-refractivity contribution is 6.20. The molecular formula is C18H12N2O5. The maximum absolute atomic E-state index is 12.2. The van der Waals surface area contributed by atoms with E-state index in [1.807, 2.05) is 6.07 Å². The molecule has 3 rings (SSSR count). The summed E-state index contributed by atoms with van der Waals surface area (Å²) in [5.41, 5.74) is 0.593. The van der Waals surface area contributed by atoms with Crippen molar-refractivity contribution in [3.63, 3.8) is 0 Å². The first-order chi connectivity index (χ1) is 12.0. The molecule has 124 valence electrons. The molecule has 1 aliphatic rings. The van der Waals surface area contributed by atoms with Crippen LogP contribution in [0.1, 0.15) is 33.2 Å². The van der Waals surface area contributed by atoms with Crippen molar-refractivity contribution in [1.29, 1.82) is 5.26 Å². The van der Waals surface area contributed by atoms with E-state index in [1.165, 1.54) is 31.2 Å². The Morgan fingerprint density at radius 2 is 1.60 bits per heavy atom. The average molecular weight is 336 g/mol. The van der Waals surface area contributed by atoms with E-state index in [0.717, 1.165) is 0 Å². The molecule has 2 aromatic carbocycles. The number of carbonyl (C=O) groups excluding carboxylic acids is 3. The fourth-order valence-electron chi connectivity index (χ4n) is 2.31. The number of ether oxygens (including phenoxy) is 1. The molecule has 7 nitrogen and oxygen atoms in total. The summed E-state index contributed by atoms with van der Waals surface area (Å²) < 4.78 is 5.41. The van der Waals surface area contributed by atoms with Gasteiger partial charge in [0.2, 0.25) is 0 Å². The standard InChI is InChI=1S/C18H12N2O5/c1-11(24-15-9-5-2-6-12(15)10-19)18(23)25-20-16(21)13-7-3-4-8-14(13)17(20)22/h2-9,11H,1H3. The summed E-state index contributed by atoms with van der Waals surface area (Å²) in [5, 5.41) is 9.45. The third-order valence-corrected chi connectivity index (χ3v) is 3.58. The van der Waals surface area contributed by atoms with Gasteiger partial charge in [-0.05, 0) is 31.2 Å². The first-order valence-corrected chi connectivity index (χ1v) is 7.38. The summed E-state index contributed by atoms with van der Waals surface area (Å²) in [6.45, 7) is 1.40. The van der Waals surface area contributed by atoms with E-state index < -0.39 is 23.9 Å². The van der Waals surface area contributed by atoms with E-state index in [0.29, 0.717) is 5.06 Å². The number of hydrogen-bond acceptors (Lipinski definition) is 6. The van der Waals surface area contributed by atoms with Crippen molar-refractivity contribution in [2.75, 3.05) is 0 Å². The third kappa shape index (κ3) is 2.93. The molecule has 1 atom stereocenters. The first-order valence-electron chi connectivity index (χ1n) is 7.38. The SMILES string of the molecule is CC(Oc1ccccc1C#N)C(=O)ON1C(=O)c2ccccc2C1=O. The van der Waals surface area contributed by atoms with Crippen LogP contribution in [0.15, 0.2) is 48.5 Å². The number of para-hydroxylation sites is 1. The van der Waals surface area contributed by atoms with Gasteiger partial charge in [0.1, 0.15) is 11.8 Å². The number of carbonyl (C=O) groups is 3. The van der Waals surface area contributed by atoms with Crippen molar-refractivity contribution in [1.82, 2.24) is 5.06 Å². The van der Waals surface area contributed by atoms with Gasteiger partial charge in [-0.15, -0.1) is 0 Å².